The topological polar surface area (TPSA) is 72.4 Å². The highest BCUT2D eigenvalue weighted by molar-refractivity contribution is 5.93. The van der Waals surface area contributed by atoms with Gasteiger partial charge in [-0.1, -0.05) is 6.92 Å². The molecule has 0 aromatic carbocycles. The second-order valence-corrected chi connectivity index (χ2v) is 5.39. The lowest BCUT2D eigenvalue weighted by Gasteiger charge is -2.09. The van der Waals surface area contributed by atoms with Crippen LogP contribution in [0.5, 0.6) is 0 Å². The summed E-state index contributed by atoms with van der Waals surface area (Å²) in [6.07, 6.45) is 2.36. The van der Waals surface area contributed by atoms with Crippen molar-refractivity contribution in [2.75, 3.05) is 0 Å². The van der Waals surface area contributed by atoms with E-state index in [1.165, 1.54) is 0 Å². The summed E-state index contributed by atoms with van der Waals surface area (Å²) in [6, 6.07) is 7.34. The first kappa shape index (κ1) is 14.3. The summed E-state index contributed by atoms with van der Waals surface area (Å²) in [7, 11) is 0. The molecule has 0 unspecified atom stereocenters. The highest BCUT2D eigenvalue weighted by atomic mass is 16.3. The molecule has 3 aromatic heterocycles. The molecule has 3 heterocycles. The molecular formula is C16H18N4O2. The van der Waals surface area contributed by atoms with Crippen LogP contribution in [0.25, 0.3) is 17.1 Å². The van der Waals surface area contributed by atoms with Crippen LogP contribution in [-0.2, 0) is 6.42 Å². The standard InChI is InChI=1S/C16H18N4O2/c1-4-11-8-13(16(21)17-10(2)3)18-15-9-12(19-20(11)15)14-6-5-7-22-14/h5-10H,4H2,1-3H3,(H,17,21). The zero-order valence-corrected chi connectivity index (χ0v) is 12.8. The Morgan fingerprint density at radius 2 is 2.23 bits per heavy atom. The van der Waals surface area contributed by atoms with Crippen LogP contribution in [0.15, 0.2) is 34.9 Å². The zero-order chi connectivity index (χ0) is 15.7. The summed E-state index contributed by atoms with van der Waals surface area (Å²) in [4.78, 5) is 16.6. The summed E-state index contributed by atoms with van der Waals surface area (Å²) in [5, 5.41) is 7.38. The molecule has 0 radical (unpaired) electrons. The van der Waals surface area contributed by atoms with Crippen molar-refractivity contribution in [3.05, 3.63) is 41.9 Å². The van der Waals surface area contributed by atoms with Gasteiger partial charge in [-0.2, -0.15) is 5.10 Å². The highest BCUT2D eigenvalue weighted by Crippen LogP contribution is 2.20. The van der Waals surface area contributed by atoms with Crippen LogP contribution < -0.4 is 5.32 Å². The van der Waals surface area contributed by atoms with E-state index in [0.717, 1.165) is 12.1 Å². The van der Waals surface area contributed by atoms with E-state index in [4.69, 9.17) is 4.42 Å². The van der Waals surface area contributed by atoms with Gasteiger partial charge in [0.15, 0.2) is 11.4 Å². The molecule has 0 aliphatic heterocycles. The Morgan fingerprint density at radius 3 is 2.86 bits per heavy atom. The predicted octanol–water partition coefficient (Wildman–Crippen LogP) is 2.69. The lowest BCUT2D eigenvalue weighted by molar-refractivity contribution is 0.0938. The summed E-state index contributed by atoms with van der Waals surface area (Å²) >= 11 is 0. The zero-order valence-electron chi connectivity index (χ0n) is 12.8. The predicted molar refractivity (Wildman–Crippen MR) is 82.7 cm³/mol. The summed E-state index contributed by atoms with van der Waals surface area (Å²) in [5.41, 5.74) is 2.67. The van der Waals surface area contributed by atoms with E-state index in [1.54, 1.807) is 16.8 Å². The highest BCUT2D eigenvalue weighted by Gasteiger charge is 2.15. The van der Waals surface area contributed by atoms with E-state index in [-0.39, 0.29) is 11.9 Å². The molecule has 1 N–H and O–H groups in total. The van der Waals surface area contributed by atoms with Crippen LogP contribution in [0, 0.1) is 0 Å². The fourth-order valence-electron chi connectivity index (χ4n) is 2.29. The second-order valence-electron chi connectivity index (χ2n) is 5.39. The number of furan rings is 1. The Labute approximate surface area is 128 Å². The van der Waals surface area contributed by atoms with E-state index in [1.807, 2.05) is 39.0 Å². The van der Waals surface area contributed by atoms with Gasteiger partial charge in [0.1, 0.15) is 11.4 Å². The molecule has 0 atom stereocenters. The maximum atomic E-state index is 12.2. The van der Waals surface area contributed by atoms with Crippen molar-refractivity contribution >= 4 is 11.6 Å². The summed E-state index contributed by atoms with van der Waals surface area (Å²) < 4.78 is 7.12. The SMILES string of the molecule is CCc1cc(C(=O)NC(C)C)nc2cc(-c3ccco3)nn12. The van der Waals surface area contributed by atoms with E-state index in [2.05, 4.69) is 15.4 Å². The number of rotatable bonds is 4. The number of amides is 1. The summed E-state index contributed by atoms with van der Waals surface area (Å²) in [5.74, 6) is 0.508. The van der Waals surface area contributed by atoms with Crippen molar-refractivity contribution in [3.63, 3.8) is 0 Å². The van der Waals surface area contributed by atoms with Gasteiger partial charge in [-0.25, -0.2) is 9.50 Å². The largest absolute Gasteiger partial charge is 0.463 e. The van der Waals surface area contributed by atoms with Gasteiger partial charge < -0.3 is 9.73 Å². The third kappa shape index (κ3) is 2.59. The first-order valence-electron chi connectivity index (χ1n) is 7.33. The molecule has 0 bridgehead atoms. The quantitative estimate of drug-likeness (QED) is 0.803. The first-order valence-corrected chi connectivity index (χ1v) is 7.33. The third-order valence-corrected chi connectivity index (χ3v) is 3.29. The Morgan fingerprint density at radius 1 is 1.41 bits per heavy atom. The smallest absolute Gasteiger partial charge is 0.270 e. The molecule has 0 aliphatic rings. The molecule has 1 amide bonds. The van der Waals surface area contributed by atoms with E-state index < -0.39 is 0 Å². The Kier molecular flexibility index (Phi) is 3.66. The van der Waals surface area contributed by atoms with Gasteiger partial charge in [-0.05, 0) is 38.5 Å². The van der Waals surface area contributed by atoms with Gasteiger partial charge in [0.25, 0.3) is 5.91 Å². The summed E-state index contributed by atoms with van der Waals surface area (Å²) in [6.45, 7) is 5.86. The van der Waals surface area contributed by atoms with Crippen LogP contribution >= 0.6 is 0 Å². The molecule has 22 heavy (non-hydrogen) atoms. The Hall–Kier alpha value is -2.63. The van der Waals surface area contributed by atoms with Gasteiger partial charge in [-0.3, -0.25) is 4.79 Å². The van der Waals surface area contributed by atoms with Crippen molar-refractivity contribution < 1.29 is 9.21 Å². The van der Waals surface area contributed by atoms with Gasteiger partial charge in [0.05, 0.1) is 6.26 Å². The van der Waals surface area contributed by atoms with E-state index >= 15 is 0 Å². The van der Waals surface area contributed by atoms with Gasteiger partial charge in [-0.15, -0.1) is 0 Å². The molecule has 0 aliphatic carbocycles. The molecule has 0 saturated heterocycles. The third-order valence-electron chi connectivity index (χ3n) is 3.29. The Bertz CT molecular complexity index is 803. The van der Waals surface area contributed by atoms with Crippen LogP contribution in [0.1, 0.15) is 37.0 Å². The molecule has 3 rings (SSSR count). The van der Waals surface area contributed by atoms with Crippen LogP contribution in [0.3, 0.4) is 0 Å². The monoisotopic (exact) mass is 298 g/mol. The molecule has 0 fully saturated rings. The lowest BCUT2D eigenvalue weighted by Crippen LogP contribution is -2.31. The maximum Gasteiger partial charge on any atom is 0.270 e. The molecule has 0 spiro atoms. The minimum atomic E-state index is -0.173. The molecule has 0 saturated carbocycles. The van der Waals surface area contributed by atoms with Crippen LogP contribution in [0.2, 0.25) is 0 Å². The van der Waals surface area contributed by atoms with Crippen molar-refractivity contribution in [1.29, 1.82) is 0 Å². The number of carbonyl (C=O) groups excluding carboxylic acids is 1. The number of nitrogens with zero attached hydrogens (tertiary/aromatic N) is 3. The van der Waals surface area contributed by atoms with Crippen molar-refractivity contribution in [3.8, 4) is 11.5 Å². The number of fused-ring (bicyclic) bond motifs is 1. The number of aryl methyl sites for hydroxylation is 1. The minimum Gasteiger partial charge on any atom is -0.463 e. The van der Waals surface area contributed by atoms with Gasteiger partial charge in [0.2, 0.25) is 0 Å². The second kappa shape index (κ2) is 5.63. The van der Waals surface area contributed by atoms with E-state index in [9.17, 15) is 4.79 Å². The normalized spacial score (nSPS) is 11.3. The number of hydrogen-bond donors (Lipinski definition) is 1. The average Bonchev–Trinajstić information content (AvgIpc) is 3.13. The van der Waals surface area contributed by atoms with Gasteiger partial charge in [0, 0.05) is 17.8 Å². The Balaban J connectivity index is 2.09. The van der Waals surface area contributed by atoms with E-state index in [0.29, 0.717) is 22.8 Å². The molecule has 3 aromatic rings. The minimum absolute atomic E-state index is 0.0687. The van der Waals surface area contributed by atoms with Crippen LogP contribution in [-0.4, -0.2) is 26.5 Å². The van der Waals surface area contributed by atoms with Crippen molar-refractivity contribution in [2.24, 2.45) is 0 Å². The fourth-order valence-corrected chi connectivity index (χ4v) is 2.29. The molecule has 6 heteroatoms. The van der Waals surface area contributed by atoms with Crippen LogP contribution in [0.4, 0.5) is 0 Å². The first-order chi connectivity index (χ1) is 10.6. The number of hydrogen-bond acceptors (Lipinski definition) is 4. The maximum absolute atomic E-state index is 12.2. The fraction of sp³-hybridized carbons (Fsp3) is 0.312. The van der Waals surface area contributed by atoms with Gasteiger partial charge >= 0.3 is 0 Å². The lowest BCUT2D eigenvalue weighted by atomic mass is 10.2. The molecular weight excluding hydrogens is 280 g/mol. The van der Waals surface area contributed by atoms with Crippen molar-refractivity contribution in [2.45, 2.75) is 33.2 Å². The molecule has 6 nitrogen and oxygen atoms in total. The number of aromatic nitrogens is 3. The number of nitrogens with one attached hydrogen (secondary N) is 1. The van der Waals surface area contributed by atoms with Crippen molar-refractivity contribution in [1.82, 2.24) is 19.9 Å². The molecule has 114 valence electrons. The average molecular weight is 298 g/mol. The number of carbonyl (C=O) groups is 1.